The van der Waals surface area contributed by atoms with Crippen LogP contribution in [0.1, 0.15) is 45.2 Å². The van der Waals surface area contributed by atoms with Gasteiger partial charge in [0.05, 0.1) is 6.04 Å². The second-order valence-corrected chi connectivity index (χ2v) is 5.99. The molecule has 22 heavy (non-hydrogen) atoms. The number of hydrogen-bond acceptors (Lipinski definition) is 4. The molecule has 0 saturated heterocycles. The van der Waals surface area contributed by atoms with Gasteiger partial charge in [0.1, 0.15) is 5.60 Å². The molecular weight excluding hydrogens is 306 g/mol. The molecule has 0 aromatic heterocycles. The fraction of sp³-hybridized carbons (Fsp3) is 0.500. The minimum atomic E-state index is -0.580. The van der Waals surface area contributed by atoms with Crippen molar-refractivity contribution in [3.8, 4) is 0 Å². The average molecular weight is 328 g/mol. The molecule has 5 nitrogen and oxygen atoms in total. The van der Waals surface area contributed by atoms with Crippen molar-refractivity contribution in [3.05, 3.63) is 35.9 Å². The van der Waals surface area contributed by atoms with Crippen LogP contribution in [0, 0.1) is 0 Å². The summed E-state index contributed by atoms with van der Waals surface area (Å²) in [6.45, 7) is 5.38. The van der Waals surface area contributed by atoms with Gasteiger partial charge in [-0.15, -0.1) is 0 Å². The Labute approximate surface area is 135 Å². The summed E-state index contributed by atoms with van der Waals surface area (Å²) in [6, 6.07) is 8.89. The smallest absolute Gasteiger partial charge is 0.408 e. The highest BCUT2D eigenvalue weighted by atomic mass is 35.5. The zero-order valence-electron chi connectivity index (χ0n) is 13.1. The third-order valence-electron chi connectivity index (χ3n) is 2.75. The van der Waals surface area contributed by atoms with Crippen LogP contribution in [0.5, 0.6) is 0 Å². The maximum Gasteiger partial charge on any atom is 0.408 e. The van der Waals surface area contributed by atoms with Crippen molar-refractivity contribution < 1.29 is 19.1 Å². The van der Waals surface area contributed by atoms with Gasteiger partial charge in [-0.05, 0) is 32.8 Å². The third kappa shape index (κ3) is 7.31. The molecule has 1 N–H and O–H groups in total. The molecule has 1 aromatic rings. The highest BCUT2D eigenvalue weighted by Crippen LogP contribution is 2.19. The summed E-state index contributed by atoms with van der Waals surface area (Å²) in [5.41, 5.74) is 0.315. The van der Waals surface area contributed by atoms with Crippen LogP contribution in [0.3, 0.4) is 0 Å². The van der Waals surface area contributed by atoms with Crippen molar-refractivity contribution in [1.82, 2.24) is 5.32 Å². The maximum atomic E-state index is 11.9. The number of amides is 1. The monoisotopic (exact) mass is 327 g/mol. The van der Waals surface area contributed by atoms with Crippen LogP contribution in [0.15, 0.2) is 30.3 Å². The first kappa shape index (κ1) is 18.3. The lowest BCUT2D eigenvalue weighted by molar-refractivity contribution is -0.141. The van der Waals surface area contributed by atoms with Crippen molar-refractivity contribution >= 4 is 23.7 Å². The van der Waals surface area contributed by atoms with Crippen LogP contribution < -0.4 is 5.32 Å². The van der Waals surface area contributed by atoms with Gasteiger partial charge in [0.2, 0.25) is 0 Å². The maximum absolute atomic E-state index is 11.9. The van der Waals surface area contributed by atoms with Gasteiger partial charge in [-0.25, -0.2) is 4.79 Å². The van der Waals surface area contributed by atoms with E-state index in [9.17, 15) is 9.59 Å². The van der Waals surface area contributed by atoms with E-state index in [1.165, 1.54) is 0 Å². The van der Waals surface area contributed by atoms with Gasteiger partial charge in [-0.3, -0.25) is 4.79 Å². The molecule has 0 spiro atoms. The Balaban J connectivity index is 2.71. The molecule has 0 aliphatic carbocycles. The summed E-state index contributed by atoms with van der Waals surface area (Å²) >= 11 is 5.35. The molecule has 0 aliphatic heterocycles. The van der Waals surface area contributed by atoms with E-state index in [-0.39, 0.29) is 18.5 Å². The number of halogens is 1. The van der Waals surface area contributed by atoms with E-state index in [0.717, 1.165) is 5.56 Å². The van der Waals surface area contributed by atoms with Crippen molar-refractivity contribution in [1.29, 1.82) is 0 Å². The number of hydrogen-bond donors (Lipinski definition) is 1. The van der Waals surface area contributed by atoms with Crippen molar-refractivity contribution in [2.75, 3.05) is 6.07 Å². The number of rotatable bonds is 6. The Hall–Kier alpha value is -1.75. The van der Waals surface area contributed by atoms with E-state index in [2.05, 4.69) is 5.32 Å². The molecule has 0 fully saturated rings. The summed E-state index contributed by atoms with van der Waals surface area (Å²) in [5.74, 6) is -0.401. The van der Waals surface area contributed by atoms with E-state index in [1.54, 1.807) is 20.8 Å². The van der Waals surface area contributed by atoms with E-state index in [4.69, 9.17) is 21.1 Å². The lowest BCUT2D eigenvalue weighted by Gasteiger charge is -2.23. The first-order chi connectivity index (χ1) is 10.3. The predicted octanol–water partition coefficient (Wildman–Crippen LogP) is 3.77. The van der Waals surface area contributed by atoms with Gasteiger partial charge >= 0.3 is 12.1 Å². The van der Waals surface area contributed by atoms with E-state index in [1.807, 2.05) is 30.3 Å². The summed E-state index contributed by atoms with van der Waals surface area (Å²) in [7, 11) is 0. The summed E-state index contributed by atoms with van der Waals surface area (Å²) < 4.78 is 9.95. The molecule has 0 heterocycles. The molecule has 1 atom stereocenters. The van der Waals surface area contributed by atoms with Gasteiger partial charge in [0.15, 0.2) is 6.07 Å². The number of nitrogens with one attached hydrogen (secondary N) is 1. The van der Waals surface area contributed by atoms with Crippen molar-refractivity contribution in [3.63, 3.8) is 0 Å². The molecule has 0 saturated carbocycles. The normalized spacial score (nSPS) is 12.4. The Morgan fingerprint density at radius 1 is 1.23 bits per heavy atom. The van der Waals surface area contributed by atoms with Crippen LogP contribution in [0.25, 0.3) is 0 Å². The van der Waals surface area contributed by atoms with Crippen LogP contribution in [-0.2, 0) is 14.3 Å². The molecule has 0 bridgehead atoms. The molecule has 6 heteroatoms. The first-order valence-corrected chi connectivity index (χ1v) is 7.61. The SMILES string of the molecule is CC(C)(C)OC(=O)NC(CCC(=O)OCCl)c1ccccc1. The summed E-state index contributed by atoms with van der Waals surface area (Å²) in [5, 5.41) is 2.79. The molecule has 0 aliphatic rings. The minimum absolute atomic E-state index is 0.155. The number of benzene rings is 1. The first-order valence-electron chi connectivity index (χ1n) is 7.08. The van der Waals surface area contributed by atoms with E-state index in [0.29, 0.717) is 6.42 Å². The Bertz CT molecular complexity index is 485. The van der Waals surface area contributed by atoms with Crippen LogP contribution >= 0.6 is 11.6 Å². The van der Waals surface area contributed by atoms with Gasteiger partial charge in [-0.2, -0.15) is 0 Å². The number of alkyl halides is 1. The van der Waals surface area contributed by atoms with Crippen LogP contribution in [0.2, 0.25) is 0 Å². The number of carbonyl (C=O) groups excluding carboxylic acids is 2. The second kappa shape index (κ2) is 8.63. The molecule has 1 amide bonds. The molecule has 122 valence electrons. The number of ether oxygens (including phenoxy) is 2. The van der Waals surface area contributed by atoms with Gasteiger partial charge in [0, 0.05) is 6.42 Å². The average Bonchev–Trinajstić information content (AvgIpc) is 2.42. The van der Waals surface area contributed by atoms with Crippen LogP contribution in [-0.4, -0.2) is 23.7 Å². The van der Waals surface area contributed by atoms with Gasteiger partial charge in [0.25, 0.3) is 0 Å². The quantitative estimate of drug-likeness (QED) is 0.638. The third-order valence-corrected chi connectivity index (χ3v) is 2.85. The highest BCUT2D eigenvalue weighted by molar-refractivity contribution is 6.17. The lowest BCUT2D eigenvalue weighted by Crippen LogP contribution is -2.35. The fourth-order valence-electron chi connectivity index (χ4n) is 1.85. The van der Waals surface area contributed by atoms with Crippen molar-refractivity contribution in [2.24, 2.45) is 0 Å². The van der Waals surface area contributed by atoms with Gasteiger partial charge in [-0.1, -0.05) is 41.9 Å². The Kier molecular flexibility index (Phi) is 7.18. The Morgan fingerprint density at radius 3 is 2.41 bits per heavy atom. The Morgan fingerprint density at radius 2 is 1.86 bits per heavy atom. The fourth-order valence-corrected chi connectivity index (χ4v) is 1.97. The van der Waals surface area contributed by atoms with Crippen LogP contribution in [0.4, 0.5) is 4.79 Å². The zero-order chi connectivity index (χ0) is 16.6. The summed E-state index contributed by atoms with van der Waals surface area (Å²) in [6.07, 6.45) is 0.0354. The topological polar surface area (TPSA) is 64.6 Å². The molecule has 1 aromatic carbocycles. The highest BCUT2D eigenvalue weighted by Gasteiger charge is 2.21. The second-order valence-electron chi connectivity index (χ2n) is 5.77. The lowest BCUT2D eigenvalue weighted by atomic mass is 10.0. The predicted molar refractivity (Wildman–Crippen MR) is 84.6 cm³/mol. The molecule has 1 unspecified atom stereocenters. The number of alkyl carbamates (subject to hydrolysis) is 1. The molecule has 1 rings (SSSR count). The molecular formula is C16H22ClNO4. The number of esters is 1. The van der Waals surface area contributed by atoms with Gasteiger partial charge < -0.3 is 14.8 Å². The van der Waals surface area contributed by atoms with Crippen molar-refractivity contribution in [2.45, 2.75) is 45.3 Å². The van der Waals surface area contributed by atoms with E-state index < -0.39 is 17.7 Å². The van der Waals surface area contributed by atoms with E-state index >= 15 is 0 Å². The summed E-state index contributed by atoms with van der Waals surface area (Å²) in [4.78, 5) is 23.4. The minimum Gasteiger partial charge on any atom is -0.449 e. The largest absolute Gasteiger partial charge is 0.449 e. The molecule has 0 radical (unpaired) electrons. The number of carbonyl (C=O) groups is 2. The standard InChI is InChI=1S/C16H22ClNO4/c1-16(2,3)22-15(20)18-13(9-10-14(19)21-11-17)12-7-5-4-6-8-12/h4-8,13H,9-11H2,1-3H3,(H,18,20). The zero-order valence-corrected chi connectivity index (χ0v) is 13.9.